The summed E-state index contributed by atoms with van der Waals surface area (Å²) >= 11 is 0. The van der Waals surface area contributed by atoms with Gasteiger partial charge >= 0.3 is 0 Å². The zero-order chi connectivity index (χ0) is 12.5. The number of pyridine rings is 1. The van der Waals surface area contributed by atoms with Crippen LogP contribution in [0.4, 0.5) is 5.69 Å². The molecule has 0 unspecified atom stereocenters. The first kappa shape index (κ1) is 10.3. The van der Waals surface area contributed by atoms with Crippen molar-refractivity contribution in [2.45, 2.75) is 0 Å². The van der Waals surface area contributed by atoms with Gasteiger partial charge in [-0.25, -0.2) is 9.97 Å². The molecule has 5 nitrogen and oxygen atoms in total. The molecule has 0 aliphatic carbocycles. The Kier molecular flexibility index (Phi) is 2.21. The fourth-order valence-electron chi connectivity index (χ4n) is 1.67. The number of nitrogens with zero attached hydrogens (tertiary/aromatic N) is 3. The van der Waals surface area contributed by atoms with Gasteiger partial charge in [-0.1, -0.05) is 6.07 Å². The third kappa shape index (κ3) is 1.57. The van der Waals surface area contributed by atoms with Gasteiger partial charge in [0.2, 0.25) is 5.89 Å². The van der Waals surface area contributed by atoms with Crippen molar-refractivity contribution < 1.29 is 4.42 Å². The third-order valence-corrected chi connectivity index (χ3v) is 2.56. The van der Waals surface area contributed by atoms with Gasteiger partial charge in [0.15, 0.2) is 5.58 Å². The Bertz CT molecular complexity index is 753. The second-order valence-electron chi connectivity index (χ2n) is 3.76. The van der Waals surface area contributed by atoms with Crippen LogP contribution in [0.2, 0.25) is 0 Å². The first-order valence-corrected chi connectivity index (χ1v) is 5.29. The Balaban J connectivity index is 2.14. The van der Waals surface area contributed by atoms with Gasteiger partial charge in [-0.3, -0.25) is 0 Å². The molecule has 0 spiro atoms. The van der Waals surface area contributed by atoms with Crippen LogP contribution in [-0.2, 0) is 0 Å². The number of oxazole rings is 1. The summed E-state index contributed by atoms with van der Waals surface area (Å²) in [6.45, 7) is 0. The minimum absolute atomic E-state index is 0.396. The van der Waals surface area contributed by atoms with Crippen LogP contribution in [0.1, 0.15) is 5.56 Å². The molecule has 3 aromatic rings. The fourth-order valence-corrected chi connectivity index (χ4v) is 1.67. The molecule has 0 aliphatic rings. The number of benzene rings is 1. The molecule has 18 heavy (non-hydrogen) atoms. The number of fused-ring (bicyclic) bond motifs is 1. The lowest BCUT2D eigenvalue weighted by molar-refractivity contribution is 0.617. The predicted molar refractivity (Wildman–Crippen MR) is 66.4 cm³/mol. The van der Waals surface area contributed by atoms with E-state index in [2.05, 4.69) is 9.97 Å². The van der Waals surface area contributed by atoms with E-state index in [0.717, 1.165) is 0 Å². The molecule has 2 aromatic heterocycles. The Hall–Kier alpha value is -2.87. The number of para-hydroxylation sites is 1. The molecule has 0 saturated heterocycles. The highest BCUT2D eigenvalue weighted by Gasteiger charge is 2.10. The van der Waals surface area contributed by atoms with Gasteiger partial charge < -0.3 is 10.2 Å². The van der Waals surface area contributed by atoms with Gasteiger partial charge in [0.1, 0.15) is 17.3 Å². The van der Waals surface area contributed by atoms with E-state index in [1.54, 1.807) is 30.3 Å². The van der Waals surface area contributed by atoms with Crippen molar-refractivity contribution in [1.29, 1.82) is 5.26 Å². The Morgan fingerprint density at radius 3 is 2.78 bits per heavy atom. The van der Waals surface area contributed by atoms with Crippen LogP contribution in [0.3, 0.4) is 0 Å². The smallest absolute Gasteiger partial charge is 0.246 e. The van der Waals surface area contributed by atoms with Crippen molar-refractivity contribution in [3.05, 3.63) is 42.1 Å². The lowest BCUT2D eigenvalue weighted by atomic mass is 10.2. The molecule has 86 valence electrons. The highest BCUT2D eigenvalue weighted by Crippen LogP contribution is 2.26. The van der Waals surface area contributed by atoms with Crippen molar-refractivity contribution in [1.82, 2.24) is 9.97 Å². The molecule has 2 heterocycles. The Morgan fingerprint density at radius 1 is 1.22 bits per heavy atom. The quantitative estimate of drug-likeness (QED) is 0.655. The maximum atomic E-state index is 8.70. The van der Waals surface area contributed by atoms with Crippen LogP contribution in [-0.4, -0.2) is 9.97 Å². The number of nitriles is 1. The molecule has 0 amide bonds. The second kappa shape index (κ2) is 3.86. The van der Waals surface area contributed by atoms with Crippen LogP contribution >= 0.6 is 0 Å². The molecule has 2 N–H and O–H groups in total. The summed E-state index contributed by atoms with van der Waals surface area (Å²) in [4.78, 5) is 8.43. The van der Waals surface area contributed by atoms with Crippen LogP contribution in [0.25, 0.3) is 22.7 Å². The van der Waals surface area contributed by atoms with E-state index in [-0.39, 0.29) is 0 Å². The summed E-state index contributed by atoms with van der Waals surface area (Å²) in [5.41, 5.74) is 8.69. The summed E-state index contributed by atoms with van der Waals surface area (Å²) in [6.07, 6.45) is 1.48. The number of rotatable bonds is 1. The normalized spacial score (nSPS) is 10.4. The molecule has 0 aliphatic heterocycles. The average Bonchev–Trinajstić information content (AvgIpc) is 2.84. The van der Waals surface area contributed by atoms with Gasteiger partial charge in [0.05, 0.1) is 11.3 Å². The van der Waals surface area contributed by atoms with Gasteiger partial charge in [-0.15, -0.1) is 0 Å². The van der Waals surface area contributed by atoms with Crippen LogP contribution in [0.15, 0.2) is 40.9 Å². The van der Waals surface area contributed by atoms with E-state index >= 15 is 0 Å². The standard InChI is InChI=1S/C13H8N4O/c14-6-8-4-5-10(16-7-8)13-17-12-9(15)2-1-3-11(12)18-13/h1-5,7H,15H2. The van der Waals surface area contributed by atoms with E-state index in [1.165, 1.54) is 6.20 Å². The van der Waals surface area contributed by atoms with Gasteiger partial charge in [-0.05, 0) is 24.3 Å². The Labute approximate surface area is 103 Å². The maximum absolute atomic E-state index is 8.70. The topological polar surface area (TPSA) is 88.7 Å². The Morgan fingerprint density at radius 2 is 2.11 bits per heavy atom. The van der Waals surface area contributed by atoms with E-state index in [1.807, 2.05) is 6.07 Å². The second-order valence-corrected chi connectivity index (χ2v) is 3.76. The zero-order valence-corrected chi connectivity index (χ0v) is 9.29. The molecular formula is C13H8N4O. The minimum atomic E-state index is 0.396. The fraction of sp³-hybridized carbons (Fsp3) is 0. The van der Waals surface area contributed by atoms with E-state index in [9.17, 15) is 0 Å². The van der Waals surface area contributed by atoms with Crippen LogP contribution in [0.5, 0.6) is 0 Å². The number of hydrogen-bond donors (Lipinski definition) is 1. The van der Waals surface area contributed by atoms with E-state index < -0.39 is 0 Å². The molecule has 3 rings (SSSR count). The minimum Gasteiger partial charge on any atom is -0.435 e. The first-order valence-electron chi connectivity index (χ1n) is 5.29. The molecule has 0 bridgehead atoms. The first-order chi connectivity index (χ1) is 8.78. The highest BCUT2D eigenvalue weighted by molar-refractivity contribution is 5.86. The lowest BCUT2D eigenvalue weighted by Gasteiger charge is -1.93. The molecule has 0 atom stereocenters. The van der Waals surface area contributed by atoms with E-state index in [0.29, 0.717) is 33.9 Å². The van der Waals surface area contributed by atoms with Crippen molar-refractivity contribution in [2.75, 3.05) is 5.73 Å². The molecule has 0 fully saturated rings. The summed E-state index contributed by atoms with van der Waals surface area (Å²) < 4.78 is 5.57. The number of aromatic nitrogens is 2. The lowest BCUT2D eigenvalue weighted by Crippen LogP contribution is -1.86. The van der Waals surface area contributed by atoms with Gasteiger partial charge in [-0.2, -0.15) is 5.26 Å². The maximum Gasteiger partial charge on any atom is 0.246 e. The third-order valence-electron chi connectivity index (χ3n) is 2.56. The summed E-state index contributed by atoms with van der Waals surface area (Å²) in [5.74, 6) is 0.396. The van der Waals surface area contributed by atoms with Crippen LogP contribution < -0.4 is 5.73 Å². The predicted octanol–water partition coefficient (Wildman–Crippen LogP) is 2.34. The van der Waals surface area contributed by atoms with Crippen molar-refractivity contribution in [3.8, 4) is 17.7 Å². The SMILES string of the molecule is N#Cc1ccc(-c2nc3c(N)cccc3o2)nc1. The number of hydrogen-bond acceptors (Lipinski definition) is 5. The highest BCUT2D eigenvalue weighted by atomic mass is 16.3. The van der Waals surface area contributed by atoms with Crippen molar-refractivity contribution in [2.24, 2.45) is 0 Å². The molecule has 0 radical (unpaired) electrons. The van der Waals surface area contributed by atoms with Gasteiger partial charge in [0.25, 0.3) is 0 Å². The summed E-state index contributed by atoms with van der Waals surface area (Å²) in [5, 5.41) is 8.70. The van der Waals surface area contributed by atoms with E-state index in [4.69, 9.17) is 15.4 Å². The summed E-state index contributed by atoms with van der Waals surface area (Å²) in [6, 6.07) is 10.7. The number of anilines is 1. The molecule has 1 aromatic carbocycles. The number of nitrogens with two attached hydrogens (primary N) is 1. The largest absolute Gasteiger partial charge is 0.435 e. The molecular weight excluding hydrogens is 228 g/mol. The average molecular weight is 236 g/mol. The monoisotopic (exact) mass is 236 g/mol. The zero-order valence-electron chi connectivity index (χ0n) is 9.29. The summed E-state index contributed by atoms with van der Waals surface area (Å²) in [7, 11) is 0. The molecule has 0 saturated carbocycles. The van der Waals surface area contributed by atoms with Crippen molar-refractivity contribution in [3.63, 3.8) is 0 Å². The van der Waals surface area contributed by atoms with Crippen LogP contribution in [0, 0.1) is 11.3 Å². The number of nitrogen functional groups attached to an aromatic ring is 1. The van der Waals surface area contributed by atoms with Crippen molar-refractivity contribution >= 4 is 16.8 Å². The van der Waals surface area contributed by atoms with Gasteiger partial charge in [0, 0.05) is 6.20 Å². The molecule has 5 heteroatoms.